The van der Waals surface area contributed by atoms with Crippen molar-refractivity contribution in [2.45, 2.75) is 58.5 Å². The molecule has 17 heavy (non-hydrogen) atoms. The maximum atomic E-state index is 4.46. The Morgan fingerprint density at radius 2 is 2.18 bits per heavy atom. The molecule has 0 bridgehead atoms. The van der Waals surface area contributed by atoms with Crippen LogP contribution < -0.4 is 5.32 Å². The number of nitrogens with zero attached hydrogens (tertiary/aromatic N) is 3. The van der Waals surface area contributed by atoms with Crippen LogP contribution in [0.25, 0.3) is 0 Å². The highest BCUT2D eigenvalue weighted by Gasteiger charge is 2.27. The molecule has 2 rings (SSSR count). The Kier molecular flexibility index (Phi) is 4.54. The van der Waals surface area contributed by atoms with Crippen molar-refractivity contribution in [1.82, 2.24) is 20.1 Å². The van der Waals surface area contributed by atoms with Gasteiger partial charge in [0.1, 0.15) is 12.2 Å². The minimum Gasteiger partial charge on any atom is -0.310 e. The molecule has 1 fully saturated rings. The highest BCUT2D eigenvalue weighted by Crippen LogP contribution is 2.35. The van der Waals surface area contributed by atoms with E-state index in [1.807, 2.05) is 0 Å². The van der Waals surface area contributed by atoms with Gasteiger partial charge in [-0.3, -0.25) is 0 Å². The topological polar surface area (TPSA) is 42.7 Å². The molecule has 1 aliphatic rings. The molecule has 2 atom stereocenters. The predicted molar refractivity (Wildman–Crippen MR) is 68.7 cm³/mol. The summed E-state index contributed by atoms with van der Waals surface area (Å²) in [5, 5.41) is 7.80. The van der Waals surface area contributed by atoms with Gasteiger partial charge in [-0.1, -0.05) is 33.1 Å². The van der Waals surface area contributed by atoms with Crippen molar-refractivity contribution in [2.24, 2.45) is 5.92 Å². The highest BCUT2D eigenvalue weighted by molar-refractivity contribution is 4.90. The Morgan fingerprint density at radius 1 is 1.35 bits per heavy atom. The fourth-order valence-electron chi connectivity index (χ4n) is 2.90. The lowest BCUT2D eigenvalue weighted by molar-refractivity contribution is 0.211. The number of rotatable bonds is 5. The average Bonchev–Trinajstić information content (AvgIpc) is 2.84. The van der Waals surface area contributed by atoms with Gasteiger partial charge >= 0.3 is 0 Å². The number of nitrogens with one attached hydrogen (secondary N) is 1. The molecule has 2 unspecified atom stereocenters. The summed E-state index contributed by atoms with van der Waals surface area (Å²) < 4.78 is 2.18. The molecule has 1 heterocycles. The smallest absolute Gasteiger partial charge is 0.141 e. The molecule has 0 aromatic carbocycles. The molecule has 1 N–H and O–H groups in total. The zero-order valence-electron chi connectivity index (χ0n) is 11.0. The van der Waals surface area contributed by atoms with Gasteiger partial charge in [0.2, 0.25) is 0 Å². The molecule has 0 amide bonds. The van der Waals surface area contributed by atoms with Crippen molar-refractivity contribution >= 4 is 0 Å². The Bertz CT molecular complexity index is 334. The van der Waals surface area contributed by atoms with Gasteiger partial charge in [0.15, 0.2) is 0 Å². The van der Waals surface area contributed by atoms with E-state index in [9.17, 15) is 0 Å². The van der Waals surface area contributed by atoms with Gasteiger partial charge in [0.25, 0.3) is 0 Å². The van der Waals surface area contributed by atoms with Crippen molar-refractivity contribution in [3.8, 4) is 0 Å². The van der Waals surface area contributed by atoms with Crippen molar-refractivity contribution in [2.75, 3.05) is 6.54 Å². The first-order chi connectivity index (χ1) is 8.36. The summed E-state index contributed by atoms with van der Waals surface area (Å²) in [5.41, 5.74) is 0. The average molecular weight is 236 g/mol. The number of aromatic nitrogens is 3. The van der Waals surface area contributed by atoms with Gasteiger partial charge in [-0.25, -0.2) is 9.67 Å². The van der Waals surface area contributed by atoms with Crippen molar-refractivity contribution in [1.29, 1.82) is 0 Å². The normalized spacial score (nSPS) is 25.1. The predicted octanol–water partition coefficient (Wildman–Crippen LogP) is 2.53. The van der Waals surface area contributed by atoms with E-state index in [-0.39, 0.29) is 0 Å². The summed E-state index contributed by atoms with van der Waals surface area (Å²) in [6.07, 6.45) is 8.29. The Labute approximate surface area is 104 Å². The maximum absolute atomic E-state index is 4.46. The van der Waals surface area contributed by atoms with E-state index in [0.29, 0.717) is 6.04 Å². The first kappa shape index (κ1) is 12.6. The monoisotopic (exact) mass is 236 g/mol. The zero-order valence-corrected chi connectivity index (χ0v) is 11.0. The molecule has 1 aromatic heterocycles. The number of hydrogen-bond acceptors (Lipinski definition) is 3. The molecule has 96 valence electrons. The van der Waals surface area contributed by atoms with E-state index in [2.05, 4.69) is 33.9 Å². The lowest BCUT2D eigenvalue weighted by atomic mass is 9.83. The summed E-state index contributed by atoms with van der Waals surface area (Å²) in [5.74, 6) is 1.88. The summed E-state index contributed by atoms with van der Waals surface area (Å²) in [7, 11) is 0. The second kappa shape index (κ2) is 6.15. The molecular formula is C13H24N4. The quantitative estimate of drug-likeness (QED) is 0.854. The third-order valence-corrected chi connectivity index (χ3v) is 3.89. The van der Waals surface area contributed by atoms with Gasteiger partial charge in [-0.15, -0.1) is 0 Å². The van der Waals surface area contributed by atoms with Crippen LogP contribution in [-0.4, -0.2) is 21.3 Å². The molecule has 1 aromatic rings. The van der Waals surface area contributed by atoms with E-state index in [1.165, 1.54) is 32.1 Å². The molecule has 1 aliphatic carbocycles. The van der Waals surface area contributed by atoms with Crippen LogP contribution in [0, 0.1) is 5.92 Å². The van der Waals surface area contributed by atoms with Crippen LogP contribution in [0.3, 0.4) is 0 Å². The van der Waals surface area contributed by atoms with Crippen LogP contribution in [0.4, 0.5) is 0 Å². The van der Waals surface area contributed by atoms with Gasteiger partial charge in [-0.05, 0) is 25.3 Å². The van der Waals surface area contributed by atoms with Crippen LogP contribution in [0.5, 0.6) is 0 Å². The first-order valence-corrected chi connectivity index (χ1v) is 6.95. The fourth-order valence-corrected chi connectivity index (χ4v) is 2.90. The summed E-state index contributed by atoms with van der Waals surface area (Å²) >= 11 is 0. The largest absolute Gasteiger partial charge is 0.310 e. The second-order valence-corrected chi connectivity index (χ2v) is 4.92. The van der Waals surface area contributed by atoms with Gasteiger partial charge in [0.05, 0.1) is 12.6 Å². The zero-order chi connectivity index (χ0) is 12.1. The van der Waals surface area contributed by atoms with Crippen LogP contribution in [-0.2, 0) is 6.54 Å². The molecular weight excluding hydrogens is 212 g/mol. The summed E-state index contributed by atoms with van der Waals surface area (Å²) in [6, 6.07) is 0.574. The molecule has 0 aliphatic heterocycles. The van der Waals surface area contributed by atoms with E-state index in [0.717, 1.165) is 24.8 Å². The van der Waals surface area contributed by atoms with Crippen LogP contribution >= 0.6 is 0 Å². The lowest BCUT2D eigenvalue weighted by Gasteiger charge is -2.31. The van der Waals surface area contributed by atoms with Crippen LogP contribution in [0.1, 0.15) is 57.8 Å². The Hall–Kier alpha value is -0.900. The van der Waals surface area contributed by atoms with E-state index < -0.39 is 0 Å². The molecule has 0 saturated heterocycles. The van der Waals surface area contributed by atoms with Crippen molar-refractivity contribution < 1.29 is 0 Å². The second-order valence-electron chi connectivity index (χ2n) is 4.92. The van der Waals surface area contributed by atoms with Crippen molar-refractivity contribution in [3.05, 3.63) is 12.2 Å². The Morgan fingerprint density at radius 3 is 2.94 bits per heavy atom. The SMILES string of the molecule is CCNCc1ncnn1C1CCCCC1CC. The van der Waals surface area contributed by atoms with Crippen molar-refractivity contribution in [3.63, 3.8) is 0 Å². The summed E-state index contributed by atoms with van der Waals surface area (Å²) in [6.45, 7) is 6.23. The highest BCUT2D eigenvalue weighted by atomic mass is 15.4. The van der Waals surface area contributed by atoms with Gasteiger partial charge in [0, 0.05) is 0 Å². The fraction of sp³-hybridized carbons (Fsp3) is 0.846. The summed E-state index contributed by atoms with van der Waals surface area (Å²) in [4.78, 5) is 4.39. The van der Waals surface area contributed by atoms with Gasteiger partial charge < -0.3 is 5.32 Å². The van der Waals surface area contributed by atoms with Crippen LogP contribution in [0.2, 0.25) is 0 Å². The third kappa shape index (κ3) is 2.86. The standard InChI is InChI=1S/C13H24N4/c1-3-11-7-5-6-8-12(11)17-13(9-14-4-2)15-10-16-17/h10-12,14H,3-9H2,1-2H3. The van der Waals surface area contributed by atoms with Gasteiger partial charge in [-0.2, -0.15) is 5.10 Å². The van der Waals surface area contributed by atoms with E-state index in [1.54, 1.807) is 6.33 Å². The molecule has 4 heteroatoms. The van der Waals surface area contributed by atoms with E-state index in [4.69, 9.17) is 0 Å². The molecule has 1 saturated carbocycles. The first-order valence-electron chi connectivity index (χ1n) is 6.95. The van der Waals surface area contributed by atoms with Crippen LogP contribution in [0.15, 0.2) is 6.33 Å². The third-order valence-electron chi connectivity index (χ3n) is 3.89. The maximum Gasteiger partial charge on any atom is 0.141 e. The minimum absolute atomic E-state index is 0.574. The molecule has 4 nitrogen and oxygen atoms in total. The Balaban J connectivity index is 2.11. The lowest BCUT2D eigenvalue weighted by Crippen LogP contribution is -2.27. The minimum atomic E-state index is 0.574. The molecule has 0 radical (unpaired) electrons. The molecule has 0 spiro atoms. The number of hydrogen-bond donors (Lipinski definition) is 1. The van der Waals surface area contributed by atoms with E-state index >= 15 is 0 Å².